The van der Waals surface area contributed by atoms with Gasteiger partial charge in [0.05, 0.1) is 0 Å². The summed E-state index contributed by atoms with van der Waals surface area (Å²) < 4.78 is 17.6. The lowest BCUT2D eigenvalue weighted by atomic mass is 10.2. The number of rotatable bonds is 0. The summed E-state index contributed by atoms with van der Waals surface area (Å²) in [5.74, 6) is 0. The largest absolute Gasteiger partial charge is 0.261 e. The minimum Gasteiger partial charge on any atom is -0.261 e. The third-order valence-corrected chi connectivity index (χ3v) is 1.27. The number of thiol groups is 1. The van der Waals surface area contributed by atoms with Crippen LogP contribution in [0.4, 0.5) is 0 Å². The zero-order valence-electron chi connectivity index (χ0n) is 7.02. The van der Waals surface area contributed by atoms with E-state index in [0.29, 0.717) is 0 Å². The monoisotopic (exact) mass is 188 g/mol. The average Bonchev–Trinajstić information content (AvgIpc) is 1.94. The maximum absolute atomic E-state index is 8.81. The van der Waals surface area contributed by atoms with Gasteiger partial charge in [0.1, 0.15) is 0 Å². The Morgan fingerprint density at radius 1 is 1.42 bits per heavy atom. The van der Waals surface area contributed by atoms with Crippen LogP contribution in [0.15, 0.2) is 18.3 Å². The van der Waals surface area contributed by atoms with Gasteiger partial charge in [-0.1, -0.05) is 6.07 Å². The molecule has 1 heterocycles. The van der Waals surface area contributed by atoms with Crippen LogP contribution in [-0.4, -0.2) is 13.4 Å². The van der Waals surface area contributed by atoms with E-state index in [-0.39, 0.29) is 0 Å². The Hall–Kier alpha value is -0.940. The topological polar surface area (TPSA) is 73.0 Å². The van der Waals surface area contributed by atoms with Crippen molar-refractivity contribution < 1.29 is 8.42 Å². The summed E-state index contributed by atoms with van der Waals surface area (Å²) in [6.07, 6.45) is 1.81. The Kier molecular flexibility index (Phi) is 5.23. The molecule has 0 radical (unpaired) electrons. The molecule has 4 nitrogen and oxygen atoms in total. The highest BCUT2D eigenvalue weighted by molar-refractivity contribution is 7.69. The van der Waals surface area contributed by atoms with Crippen molar-refractivity contribution in [1.82, 2.24) is 4.98 Å². The van der Waals surface area contributed by atoms with E-state index < -0.39 is 10.9 Å². The SMILES string of the molecule is Cc1cccnc1C.N[SH](=O)=O. The molecule has 0 saturated carbocycles. The Balaban J connectivity index is 0.000000261. The van der Waals surface area contributed by atoms with Gasteiger partial charge in [0.15, 0.2) is 10.9 Å². The normalized spacial score (nSPS) is 9.00. The molecule has 1 aromatic rings. The highest BCUT2D eigenvalue weighted by Gasteiger charge is 1.85. The molecule has 1 aromatic heterocycles. The van der Waals surface area contributed by atoms with Crippen LogP contribution in [0.25, 0.3) is 0 Å². The Morgan fingerprint density at radius 3 is 2.17 bits per heavy atom. The number of hydrogen-bond donors (Lipinski definition) is 2. The summed E-state index contributed by atoms with van der Waals surface area (Å²) >= 11 is 0. The van der Waals surface area contributed by atoms with E-state index in [2.05, 4.69) is 23.1 Å². The summed E-state index contributed by atoms with van der Waals surface area (Å²) in [4.78, 5) is 4.08. The molecule has 0 amide bonds. The third kappa shape index (κ3) is 5.82. The van der Waals surface area contributed by atoms with Crippen LogP contribution in [0.5, 0.6) is 0 Å². The van der Waals surface area contributed by atoms with Crippen molar-refractivity contribution >= 4 is 10.9 Å². The van der Waals surface area contributed by atoms with Gasteiger partial charge in [-0.2, -0.15) is 0 Å². The summed E-state index contributed by atoms with van der Waals surface area (Å²) in [7, 11) is -2.62. The lowest BCUT2D eigenvalue weighted by molar-refractivity contribution is 0.616. The first-order chi connectivity index (χ1) is 5.54. The van der Waals surface area contributed by atoms with E-state index in [4.69, 9.17) is 8.42 Å². The van der Waals surface area contributed by atoms with Crippen LogP contribution in [0.1, 0.15) is 11.3 Å². The predicted octanol–water partition coefficient (Wildman–Crippen LogP) is 0.170. The van der Waals surface area contributed by atoms with Gasteiger partial charge in [-0.25, -0.2) is 13.6 Å². The molecule has 0 fully saturated rings. The van der Waals surface area contributed by atoms with Gasteiger partial charge < -0.3 is 0 Å². The third-order valence-electron chi connectivity index (χ3n) is 1.27. The molecule has 0 spiro atoms. The van der Waals surface area contributed by atoms with E-state index in [0.717, 1.165) is 5.69 Å². The molecular formula is C7H12N2O2S. The van der Waals surface area contributed by atoms with Gasteiger partial charge in [0.2, 0.25) is 0 Å². The first kappa shape index (κ1) is 11.1. The highest BCUT2D eigenvalue weighted by Crippen LogP contribution is 1.98. The van der Waals surface area contributed by atoms with Gasteiger partial charge in [-0.15, -0.1) is 0 Å². The second-order valence-corrected chi connectivity index (χ2v) is 2.76. The van der Waals surface area contributed by atoms with Gasteiger partial charge in [-0.3, -0.25) is 4.98 Å². The number of nitrogens with zero attached hydrogens (tertiary/aromatic N) is 1. The molecule has 0 atom stereocenters. The van der Waals surface area contributed by atoms with Gasteiger partial charge in [0, 0.05) is 11.9 Å². The summed E-state index contributed by atoms with van der Waals surface area (Å²) in [6, 6.07) is 4.00. The maximum atomic E-state index is 8.81. The Labute approximate surface area is 73.5 Å². The van der Waals surface area contributed by atoms with Crippen LogP contribution in [0.3, 0.4) is 0 Å². The molecule has 0 aromatic carbocycles. The van der Waals surface area contributed by atoms with Crippen molar-refractivity contribution in [3.63, 3.8) is 0 Å². The fourth-order valence-electron chi connectivity index (χ4n) is 0.565. The second-order valence-electron chi connectivity index (χ2n) is 2.19. The molecular weight excluding hydrogens is 176 g/mol. The zero-order chi connectivity index (χ0) is 9.56. The molecule has 2 N–H and O–H groups in total. The van der Waals surface area contributed by atoms with Crippen molar-refractivity contribution in [1.29, 1.82) is 0 Å². The second kappa shape index (κ2) is 5.68. The summed E-state index contributed by atoms with van der Waals surface area (Å²) in [5, 5.41) is 4.06. The lowest BCUT2D eigenvalue weighted by Gasteiger charge is -1.92. The molecule has 0 aliphatic carbocycles. The van der Waals surface area contributed by atoms with Crippen molar-refractivity contribution in [2.75, 3.05) is 0 Å². The number of pyridine rings is 1. The van der Waals surface area contributed by atoms with E-state index in [1.165, 1.54) is 5.56 Å². The molecule has 5 heteroatoms. The smallest absolute Gasteiger partial charge is 0.198 e. The van der Waals surface area contributed by atoms with Crippen molar-refractivity contribution in [3.05, 3.63) is 29.6 Å². The van der Waals surface area contributed by atoms with Crippen LogP contribution >= 0.6 is 0 Å². The maximum Gasteiger partial charge on any atom is 0.198 e. The van der Waals surface area contributed by atoms with Crippen molar-refractivity contribution in [3.8, 4) is 0 Å². The quantitative estimate of drug-likeness (QED) is 0.570. The fraction of sp³-hybridized carbons (Fsp3) is 0.286. The van der Waals surface area contributed by atoms with E-state index in [1.54, 1.807) is 0 Å². The van der Waals surface area contributed by atoms with E-state index in [1.807, 2.05) is 19.2 Å². The predicted molar refractivity (Wildman–Crippen MR) is 48.2 cm³/mol. The highest BCUT2D eigenvalue weighted by atomic mass is 32.2. The minimum absolute atomic E-state index is 1.12. The van der Waals surface area contributed by atoms with Crippen LogP contribution in [0.2, 0.25) is 0 Å². The number of hydrogen-bond acceptors (Lipinski definition) is 3. The number of aromatic nitrogens is 1. The van der Waals surface area contributed by atoms with Crippen molar-refractivity contribution in [2.45, 2.75) is 13.8 Å². The van der Waals surface area contributed by atoms with E-state index in [9.17, 15) is 0 Å². The average molecular weight is 188 g/mol. The molecule has 0 saturated heterocycles. The minimum atomic E-state index is -2.62. The molecule has 0 aliphatic heterocycles. The molecule has 0 unspecified atom stereocenters. The van der Waals surface area contributed by atoms with Crippen LogP contribution in [-0.2, 0) is 10.9 Å². The molecule has 0 bridgehead atoms. The number of aryl methyl sites for hydroxylation is 2. The Morgan fingerprint density at radius 2 is 1.92 bits per heavy atom. The van der Waals surface area contributed by atoms with Gasteiger partial charge in [-0.05, 0) is 25.5 Å². The van der Waals surface area contributed by atoms with E-state index >= 15 is 0 Å². The van der Waals surface area contributed by atoms with Crippen molar-refractivity contribution in [2.24, 2.45) is 5.14 Å². The van der Waals surface area contributed by atoms with Gasteiger partial charge >= 0.3 is 0 Å². The van der Waals surface area contributed by atoms with Crippen LogP contribution in [0, 0.1) is 13.8 Å². The molecule has 0 aliphatic rings. The molecule has 68 valence electrons. The lowest BCUT2D eigenvalue weighted by Crippen LogP contribution is -1.85. The first-order valence-corrected chi connectivity index (χ1v) is 4.56. The molecule has 1 rings (SSSR count). The van der Waals surface area contributed by atoms with Crippen LogP contribution < -0.4 is 5.14 Å². The summed E-state index contributed by atoms with van der Waals surface area (Å²) in [6.45, 7) is 4.07. The Bertz CT molecular complexity index is 281. The first-order valence-electron chi connectivity index (χ1n) is 3.31. The summed E-state index contributed by atoms with van der Waals surface area (Å²) in [5.41, 5.74) is 2.38. The number of nitrogens with two attached hydrogens (primary N) is 1. The molecule has 12 heavy (non-hydrogen) atoms. The van der Waals surface area contributed by atoms with Gasteiger partial charge in [0.25, 0.3) is 0 Å². The fourth-order valence-corrected chi connectivity index (χ4v) is 0.565. The standard InChI is InChI=1S/C7H9N.H3NO2S/c1-6-4-3-5-8-7(6)2;1-4(2)3/h3-5H,1-2H3;4H,(H2,1,2,3). The zero-order valence-corrected chi connectivity index (χ0v) is 7.91.